The minimum Gasteiger partial charge on any atom is -0.491 e. The van der Waals surface area contributed by atoms with E-state index in [2.05, 4.69) is 31.1 Å². The molecule has 15 heavy (non-hydrogen) atoms. The third-order valence-electron chi connectivity index (χ3n) is 2.64. The number of fused-ring (bicyclic) bond motifs is 1. The van der Waals surface area contributed by atoms with Crippen LogP contribution in [0.5, 0.6) is 5.75 Å². The molecule has 1 N–H and O–H groups in total. The fourth-order valence-corrected chi connectivity index (χ4v) is 1.99. The molecule has 1 aromatic rings. The summed E-state index contributed by atoms with van der Waals surface area (Å²) in [5, 5.41) is 3.40. The van der Waals surface area contributed by atoms with E-state index in [0.717, 1.165) is 24.4 Å². The van der Waals surface area contributed by atoms with Gasteiger partial charge in [0.2, 0.25) is 0 Å². The fraction of sp³-hybridized carbons (Fsp3) is 0.583. The number of nitrogens with one attached hydrogen (secondary N) is 1. The number of ether oxygens (including phenoxy) is 1. The standard InChI is InChI=1S/C12H18N2O/c1-8(2)15-11-5-7-14-12-9(3)13-6-4-10(11)12/h5,7-9,13H,4,6H2,1-3H3. The number of hydrogen-bond donors (Lipinski definition) is 1. The second kappa shape index (κ2) is 4.19. The number of pyridine rings is 1. The van der Waals surface area contributed by atoms with Crippen molar-refractivity contribution in [2.75, 3.05) is 6.54 Å². The molecule has 0 amide bonds. The lowest BCUT2D eigenvalue weighted by atomic mass is 10.0. The highest BCUT2D eigenvalue weighted by molar-refractivity contribution is 5.39. The SMILES string of the molecule is CC(C)Oc1ccnc2c1CCNC2C. The number of nitrogens with zero attached hydrogens (tertiary/aromatic N) is 1. The molecule has 0 saturated carbocycles. The lowest BCUT2D eigenvalue weighted by molar-refractivity contribution is 0.238. The predicted molar refractivity (Wildman–Crippen MR) is 60.1 cm³/mol. The molecule has 82 valence electrons. The van der Waals surface area contributed by atoms with E-state index in [-0.39, 0.29) is 6.10 Å². The van der Waals surface area contributed by atoms with Crippen LogP contribution in [-0.4, -0.2) is 17.6 Å². The molecule has 1 unspecified atom stereocenters. The summed E-state index contributed by atoms with van der Waals surface area (Å²) in [4.78, 5) is 4.43. The molecular formula is C12H18N2O. The Balaban J connectivity index is 2.35. The van der Waals surface area contributed by atoms with Crippen LogP contribution in [0.15, 0.2) is 12.3 Å². The Morgan fingerprint density at radius 3 is 3.07 bits per heavy atom. The predicted octanol–water partition coefficient (Wildman–Crippen LogP) is 2.08. The zero-order chi connectivity index (χ0) is 10.8. The van der Waals surface area contributed by atoms with Crippen LogP contribution in [0.3, 0.4) is 0 Å². The van der Waals surface area contributed by atoms with E-state index in [1.54, 1.807) is 0 Å². The topological polar surface area (TPSA) is 34.1 Å². The summed E-state index contributed by atoms with van der Waals surface area (Å²) in [5.41, 5.74) is 2.41. The lowest BCUT2D eigenvalue weighted by Crippen LogP contribution is -2.29. The highest BCUT2D eigenvalue weighted by atomic mass is 16.5. The molecular weight excluding hydrogens is 188 g/mol. The quantitative estimate of drug-likeness (QED) is 0.804. The number of rotatable bonds is 2. The average molecular weight is 206 g/mol. The van der Waals surface area contributed by atoms with Crippen molar-refractivity contribution in [3.8, 4) is 5.75 Å². The van der Waals surface area contributed by atoms with Gasteiger partial charge < -0.3 is 10.1 Å². The molecule has 1 aromatic heterocycles. The van der Waals surface area contributed by atoms with Crippen LogP contribution >= 0.6 is 0 Å². The molecule has 0 aromatic carbocycles. The highest BCUT2D eigenvalue weighted by Crippen LogP contribution is 2.28. The van der Waals surface area contributed by atoms with Crippen molar-refractivity contribution in [3.05, 3.63) is 23.5 Å². The smallest absolute Gasteiger partial charge is 0.126 e. The lowest BCUT2D eigenvalue weighted by Gasteiger charge is -2.25. The van der Waals surface area contributed by atoms with Gasteiger partial charge in [0.25, 0.3) is 0 Å². The molecule has 3 nitrogen and oxygen atoms in total. The van der Waals surface area contributed by atoms with E-state index in [4.69, 9.17) is 4.74 Å². The summed E-state index contributed by atoms with van der Waals surface area (Å²) in [6.45, 7) is 7.26. The van der Waals surface area contributed by atoms with E-state index in [1.807, 2.05) is 12.3 Å². The first-order chi connectivity index (χ1) is 7.18. The molecule has 0 radical (unpaired) electrons. The minimum atomic E-state index is 0.224. The van der Waals surface area contributed by atoms with Crippen LogP contribution < -0.4 is 10.1 Å². The normalized spacial score (nSPS) is 20.1. The highest BCUT2D eigenvalue weighted by Gasteiger charge is 2.20. The maximum Gasteiger partial charge on any atom is 0.126 e. The fourth-order valence-electron chi connectivity index (χ4n) is 1.99. The van der Waals surface area contributed by atoms with Gasteiger partial charge in [-0.15, -0.1) is 0 Å². The Labute approximate surface area is 90.9 Å². The Hall–Kier alpha value is -1.09. The molecule has 0 aliphatic carbocycles. The first-order valence-corrected chi connectivity index (χ1v) is 5.56. The van der Waals surface area contributed by atoms with Gasteiger partial charge in [-0.1, -0.05) is 0 Å². The van der Waals surface area contributed by atoms with E-state index in [0.29, 0.717) is 6.04 Å². The van der Waals surface area contributed by atoms with Gasteiger partial charge in [0.1, 0.15) is 5.75 Å². The van der Waals surface area contributed by atoms with Crippen LogP contribution in [0.25, 0.3) is 0 Å². The van der Waals surface area contributed by atoms with Crippen molar-refractivity contribution in [1.29, 1.82) is 0 Å². The molecule has 0 bridgehead atoms. The Kier molecular flexibility index (Phi) is 2.91. The summed E-state index contributed by atoms with van der Waals surface area (Å²) in [6, 6.07) is 2.31. The van der Waals surface area contributed by atoms with Crippen LogP contribution in [0.1, 0.15) is 38.1 Å². The van der Waals surface area contributed by atoms with E-state index in [9.17, 15) is 0 Å². The molecule has 1 atom stereocenters. The summed E-state index contributed by atoms with van der Waals surface area (Å²) in [5.74, 6) is 1.00. The van der Waals surface area contributed by atoms with E-state index in [1.165, 1.54) is 5.56 Å². The van der Waals surface area contributed by atoms with Crippen molar-refractivity contribution in [2.45, 2.75) is 39.3 Å². The first kappa shape index (κ1) is 10.4. The van der Waals surface area contributed by atoms with Gasteiger partial charge >= 0.3 is 0 Å². The van der Waals surface area contributed by atoms with E-state index >= 15 is 0 Å². The molecule has 1 aliphatic rings. The molecule has 2 heterocycles. The number of hydrogen-bond acceptors (Lipinski definition) is 3. The van der Waals surface area contributed by atoms with Crippen molar-refractivity contribution in [3.63, 3.8) is 0 Å². The van der Waals surface area contributed by atoms with Crippen LogP contribution in [0.2, 0.25) is 0 Å². The minimum absolute atomic E-state index is 0.224. The van der Waals surface area contributed by atoms with Crippen LogP contribution in [0, 0.1) is 0 Å². The van der Waals surface area contributed by atoms with Gasteiger partial charge in [-0.25, -0.2) is 0 Å². The third kappa shape index (κ3) is 2.12. The zero-order valence-corrected chi connectivity index (χ0v) is 9.58. The second-order valence-corrected chi connectivity index (χ2v) is 4.27. The zero-order valence-electron chi connectivity index (χ0n) is 9.58. The van der Waals surface area contributed by atoms with Gasteiger partial charge in [0.05, 0.1) is 11.8 Å². The van der Waals surface area contributed by atoms with Gasteiger partial charge in [0.15, 0.2) is 0 Å². The first-order valence-electron chi connectivity index (χ1n) is 5.56. The van der Waals surface area contributed by atoms with Gasteiger partial charge in [-0.3, -0.25) is 4.98 Å². The summed E-state index contributed by atoms with van der Waals surface area (Å²) >= 11 is 0. The third-order valence-corrected chi connectivity index (χ3v) is 2.64. The Bertz CT molecular complexity index is 349. The largest absolute Gasteiger partial charge is 0.491 e. The van der Waals surface area contributed by atoms with E-state index < -0.39 is 0 Å². The molecule has 0 spiro atoms. The molecule has 0 saturated heterocycles. The summed E-state index contributed by atoms with van der Waals surface area (Å²) in [7, 11) is 0. The summed E-state index contributed by atoms with van der Waals surface area (Å²) < 4.78 is 5.79. The van der Waals surface area contributed by atoms with Crippen molar-refractivity contribution < 1.29 is 4.74 Å². The maximum absolute atomic E-state index is 5.79. The molecule has 2 rings (SSSR count). The maximum atomic E-state index is 5.79. The Morgan fingerprint density at radius 1 is 1.53 bits per heavy atom. The second-order valence-electron chi connectivity index (χ2n) is 4.27. The molecule has 0 fully saturated rings. The van der Waals surface area contributed by atoms with Gasteiger partial charge in [0, 0.05) is 17.8 Å². The summed E-state index contributed by atoms with van der Waals surface area (Å²) in [6.07, 6.45) is 3.07. The number of aromatic nitrogens is 1. The van der Waals surface area contributed by atoms with Crippen LogP contribution in [0.4, 0.5) is 0 Å². The van der Waals surface area contributed by atoms with Crippen molar-refractivity contribution >= 4 is 0 Å². The van der Waals surface area contributed by atoms with Gasteiger partial charge in [-0.2, -0.15) is 0 Å². The Morgan fingerprint density at radius 2 is 2.33 bits per heavy atom. The van der Waals surface area contributed by atoms with Crippen LogP contribution in [-0.2, 0) is 6.42 Å². The monoisotopic (exact) mass is 206 g/mol. The van der Waals surface area contributed by atoms with Crippen molar-refractivity contribution in [1.82, 2.24) is 10.3 Å². The molecule has 3 heteroatoms. The molecule has 1 aliphatic heterocycles. The van der Waals surface area contributed by atoms with Gasteiger partial charge in [-0.05, 0) is 39.8 Å². The average Bonchev–Trinajstić information content (AvgIpc) is 2.19. The van der Waals surface area contributed by atoms with Crippen molar-refractivity contribution in [2.24, 2.45) is 0 Å².